The molecule has 6 heteroatoms. The number of hydrogen-bond acceptors (Lipinski definition) is 6. The molecule has 338 valence electrons. The summed E-state index contributed by atoms with van der Waals surface area (Å²) in [5.74, 6) is 4.76. The monoisotopic (exact) mass is 839 g/mol. The summed E-state index contributed by atoms with van der Waals surface area (Å²) in [5, 5.41) is 6.59. The Balaban J connectivity index is 1.95. The second-order valence-electron chi connectivity index (χ2n) is 16.7. The summed E-state index contributed by atoms with van der Waals surface area (Å²) >= 11 is 0. The number of hydrogen-bond donors (Lipinski definition) is 0. The van der Waals surface area contributed by atoms with E-state index in [0.29, 0.717) is 39.6 Å². The summed E-state index contributed by atoms with van der Waals surface area (Å²) in [6.45, 7) is 18.9. The van der Waals surface area contributed by atoms with Crippen LogP contribution in [0.1, 0.15) is 176 Å². The molecule has 61 heavy (non-hydrogen) atoms. The topological polar surface area (TPSA) is 55.4 Å². The molecule has 0 unspecified atom stereocenters. The van der Waals surface area contributed by atoms with Crippen molar-refractivity contribution in [2.75, 3.05) is 39.6 Å². The number of benzene rings is 4. The fourth-order valence-electron chi connectivity index (χ4n) is 7.82. The lowest BCUT2D eigenvalue weighted by atomic mass is 9.93. The van der Waals surface area contributed by atoms with E-state index in [1.54, 1.807) is 0 Å². The third kappa shape index (κ3) is 16.6. The van der Waals surface area contributed by atoms with Gasteiger partial charge in [-0.1, -0.05) is 156 Å². The van der Waals surface area contributed by atoms with Crippen LogP contribution in [-0.4, -0.2) is 39.6 Å². The first-order chi connectivity index (χ1) is 30.1. The van der Waals surface area contributed by atoms with Crippen LogP contribution < -0.4 is 28.4 Å². The Kier molecular flexibility index (Phi) is 24.4. The largest absolute Gasteiger partial charge is 0.490 e. The number of ether oxygens (including phenoxy) is 6. The molecule has 4 rings (SSSR count). The van der Waals surface area contributed by atoms with Crippen LogP contribution in [0.3, 0.4) is 0 Å². The Morgan fingerprint density at radius 2 is 0.557 bits per heavy atom. The first-order valence-corrected chi connectivity index (χ1v) is 24.7. The summed E-state index contributed by atoms with van der Waals surface area (Å²) in [5.41, 5.74) is 0. The highest BCUT2D eigenvalue weighted by Gasteiger charge is 2.21. The van der Waals surface area contributed by atoms with Gasteiger partial charge in [0.2, 0.25) is 0 Å². The average Bonchev–Trinajstić information content (AvgIpc) is 3.27. The van der Waals surface area contributed by atoms with Crippen LogP contribution in [0.15, 0.2) is 61.2 Å². The standard InChI is InChI=1S/C55H82O6/c1-7-13-19-25-31-37-61-55-43-49-47-41-53(59-35-29-23-17-11-5)51(57-33-27-21-15-9-3)39-45(47)44-38-50(56-32-26-20-14-8-2)52(58-34-28-22-16-10-4)40-46(44)48(49)42-54(55)60-36-30-24-18-12-6/h7,13,19,38-43H,1,8-12,14-18,20-37H2,2-6H3/b19-13+. The molecule has 0 saturated carbocycles. The third-order valence-corrected chi connectivity index (χ3v) is 11.4. The molecular weight excluding hydrogens is 757 g/mol. The molecule has 0 spiro atoms. The second-order valence-corrected chi connectivity index (χ2v) is 16.7. The van der Waals surface area contributed by atoms with Crippen LogP contribution in [-0.2, 0) is 0 Å². The van der Waals surface area contributed by atoms with E-state index in [1.165, 1.54) is 64.2 Å². The maximum Gasteiger partial charge on any atom is 0.161 e. The van der Waals surface area contributed by atoms with Gasteiger partial charge in [0.05, 0.1) is 39.6 Å². The van der Waals surface area contributed by atoms with Crippen molar-refractivity contribution in [3.8, 4) is 34.5 Å². The van der Waals surface area contributed by atoms with Gasteiger partial charge in [0, 0.05) is 0 Å². The molecule has 0 fully saturated rings. The van der Waals surface area contributed by atoms with Gasteiger partial charge in [-0.2, -0.15) is 0 Å². The Hall–Kier alpha value is -4.06. The normalized spacial score (nSPS) is 11.6. The van der Waals surface area contributed by atoms with E-state index in [9.17, 15) is 0 Å². The van der Waals surface area contributed by atoms with Crippen molar-refractivity contribution < 1.29 is 28.4 Å². The molecule has 0 bridgehead atoms. The Morgan fingerprint density at radius 3 is 0.770 bits per heavy atom. The van der Waals surface area contributed by atoms with Crippen molar-refractivity contribution >= 4 is 32.3 Å². The number of allylic oxidation sites excluding steroid dienone is 3. The molecule has 0 aliphatic heterocycles. The van der Waals surface area contributed by atoms with Crippen molar-refractivity contribution in [1.29, 1.82) is 0 Å². The van der Waals surface area contributed by atoms with E-state index in [0.717, 1.165) is 144 Å². The maximum atomic E-state index is 6.64. The van der Waals surface area contributed by atoms with E-state index in [-0.39, 0.29) is 0 Å². The van der Waals surface area contributed by atoms with Gasteiger partial charge in [-0.3, -0.25) is 0 Å². The van der Waals surface area contributed by atoms with E-state index in [2.05, 4.69) is 83.7 Å². The number of rotatable bonds is 36. The van der Waals surface area contributed by atoms with Crippen LogP contribution in [0.25, 0.3) is 32.3 Å². The van der Waals surface area contributed by atoms with Crippen LogP contribution in [0.2, 0.25) is 0 Å². The minimum Gasteiger partial charge on any atom is -0.490 e. The van der Waals surface area contributed by atoms with Gasteiger partial charge in [-0.15, -0.1) is 0 Å². The van der Waals surface area contributed by atoms with Gasteiger partial charge in [0.25, 0.3) is 0 Å². The lowest BCUT2D eigenvalue weighted by Crippen LogP contribution is -2.05. The Labute approximate surface area is 370 Å². The quantitative estimate of drug-likeness (QED) is 0.0258. The molecule has 0 heterocycles. The summed E-state index contributed by atoms with van der Waals surface area (Å²) < 4.78 is 39.8. The molecular formula is C55H82O6. The predicted molar refractivity (Wildman–Crippen MR) is 261 cm³/mol. The summed E-state index contributed by atoms with van der Waals surface area (Å²) in [6.07, 6.45) is 30.6. The first-order valence-electron chi connectivity index (χ1n) is 24.7. The fourth-order valence-corrected chi connectivity index (χ4v) is 7.82. The van der Waals surface area contributed by atoms with Crippen LogP contribution in [0.4, 0.5) is 0 Å². The molecule has 0 amide bonds. The lowest BCUT2D eigenvalue weighted by molar-refractivity contribution is 0.259. The zero-order valence-electron chi connectivity index (χ0n) is 39.2. The summed E-state index contributed by atoms with van der Waals surface area (Å²) in [6, 6.07) is 13.3. The van der Waals surface area contributed by atoms with Crippen molar-refractivity contribution in [2.24, 2.45) is 0 Å². The van der Waals surface area contributed by atoms with E-state index in [1.807, 2.05) is 12.2 Å². The van der Waals surface area contributed by atoms with Gasteiger partial charge < -0.3 is 28.4 Å². The van der Waals surface area contributed by atoms with Crippen molar-refractivity contribution in [2.45, 2.75) is 176 Å². The molecule has 4 aromatic rings. The highest BCUT2D eigenvalue weighted by atomic mass is 16.5. The minimum atomic E-state index is 0.585. The lowest BCUT2D eigenvalue weighted by Gasteiger charge is -2.21. The van der Waals surface area contributed by atoms with Gasteiger partial charge in [0.15, 0.2) is 34.5 Å². The highest BCUT2D eigenvalue weighted by molar-refractivity contribution is 6.26. The van der Waals surface area contributed by atoms with E-state index >= 15 is 0 Å². The molecule has 4 aromatic carbocycles. The average molecular weight is 839 g/mol. The van der Waals surface area contributed by atoms with Gasteiger partial charge in [0.1, 0.15) is 0 Å². The Bertz CT molecular complexity index is 1810. The first kappa shape index (κ1) is 49.6. The maximum absolute atomic E-state index is 6.64. The van der Waals surface area contributed by atoms with Crippen LogP contribution >= 0.6 is 0 Å². The van der Waals surface area contributed by atoms with Crippen LogP contribution in [0, 0.1) is 0 Å². The number of unbranched alkanes of at least 4 members (excludes halogenated alkanes) is 16. The van der Waals surface area contributed by atoms with Crippen LogP contribution in [0.5, 0.6) is 34.5 Å². The summed E-state index contributed by atoms with van der Waals surface area (Å²) in [4.78, 5) is 0. The molecule has 0 saturated heterocycles. The zero-order valence-corrected chi connectivity index (χ0v) is 39.2. The second kappa shape index (κ2) is 30.1. The molecule has 0 aromatic heterocycles. The molecule has 0 N–H and O–H groups in total. The van der Waals surface area contributed by atoms with Gasteiger partial charge in [-0.05, 0) is 114 Å². The predicted octanol–water partition coefficient (Wildman–Crippen LogP) is 16.8. The molecule has 6 nitrogen and oxygen atoms in total. The molecule has 0 atom stereocenters. The third-order valence-electron chi connectivity index (χ3n) is 11.4. The fraction of sp³-hybridized carbons (Fsp3) is 0.600. The summed E-state index contributed by atoms with van der Waals surface area (Å²) in [7, 11) is 0. The SMILES string of the molecule is C=C/C=C/CCCOc1cc2c(cc1OCCCCCC)c1cc(OCCCCCC)c(OCCCCCC)cc1c1cc(OCCCCCC)c(OCCCCCC)cc21. The zero-order chi connectivity index (χ0) is 43.3. The molecule has 0 radical (unpaired) electrons. The van der Waals surface area contributed by atoms with Crippen molar-refractivity contribution in [3.63, 3.8) is 0 Å². The number of fused-ring (bicyclic) bond motifs is 6. The molecule has 0 aliphatic carbocycles. The minimum absolute atomic E-state index is 0.585. The van der Waals surface area contributed by atoms with E-state index in [4.69, 9.17) is 28.4 Å². The van der Waals surface area contributed by atoms with E-state index < -0.39 is 0 Å². The van der Waals surface area contributed by atoms with Crippen molar-refractivity contribution in [1.82, 2.24) is 0 Å². The smallest absolute Gasteiger partial charge is 0.161 e. The molecule has 0 aliphatic rings. The van der Waals surface area contributed by atoms with Gasteiger partial charge in [-0.25, -0.2) is 0 Å². The van der Waals surface area contributed by atoms with Gasteiger partial charge >= 0.3 is 0 Å². The Morgan fingerprint density at radius 1 is 0.328 bits per heavy atom. The van der Waals surface area contributed by atoms with Crippen molar-refractivity contribution in [3.05, 3.63) is 61.2 Å². The highest BCUT2D eigenvalue weighted by Crippen LogP contribution is 2.47.